The molecule has 8 nitrogen and oxygen atoms in total. The van der Waals surface area contributed by atoms with Crippen LogP contribution in [0.25, 0.3) is 16.7 Å². The molecule has 1 aliphatic heterocycles. The van der Waals surface area contributed by atoms with E-state index in [9.17, 15) is 21.6 Å². The fourth-order valence-corrected chi connectivity index (χ4v) is 4.86. The van der Waals surface area contributed by atoms with E-state index in [1.54, 1.807) is 23.0 Å². The topological polar surface area (TPSA) is 85.9 Å². The van der Waals surface area contributed by atoms with E-state index in [-0.39, 0.29) is 17.3 Å². The van der Waals surface area contributed by atoms with Crippen molar-refractivity contribution in [1.29, 1.82) is 0 Å². The van der Waals surface area contributed by atoms with Gasteiger partial charge in [0, 0.05) is 11.6 Å². The number of anilines is 1. The summed E-state index contributed by atoms with van der Waals surface area (Å²) in [5.41, 5.74) is 0.295. The van der Waals surface area contributed by atoms with Gasteiger partial charge in [0.1, 0.15) is 4.90 Å². The summed E-state index contributed by atoms with van der Waals surface area (Å²) in [6.45, 7) is 0.548. The van der Waals surface area contributed by atoms with E-state index in [2.05, 4.69) is 15.2 Å². The number of halogens is 3. The average molecular weight is 434 g/mol. The number of nitrogens with zero attached hydrogens (tertiary/aromatic N) is 6. The monoisotopic (exact) mass is 434 g/mol. The zero-order valence-electron chi connectivity index (χ0n) is 15.2. The first-order valence-corrected chi connectivity index (χ1v) is 10.2. The number of hydrogen-bond donors (Lipinski definition) is 0. The largest absolute Gasteiger partial charge is 0.416 e. The average Bonchev–Trinajstić information content (AvgIpc) is 3.37. The molecule has 4 heterocycles. The Balaban J connectivity index is 1.54. The molecule has 0 fully saturated rings. The molecule has 0 spiro atoms. The quantitative estimate of drug-likeness (QED) is 0.495. The summed E-state index contributed by atoms with van der Waals surface area (Å²) in [6, 6.07) is 6.92. The van der Waals surface area contributed by atoms with E-state index in [1.807, 2.05) is 6.07 Å². The normalized spacial score (nSPS) is 14.4. The number of aromatic nitrogens is 5. The zero-order valence-corrected chi connectivity index (χ0v) is 16.0. The highest BCUT2D eigenvalue weighted by Gasteiger charge is 2.33. The molecule has 0 atom stereocenters. The van der Waals surface area contributed by atoms with Crippen molar-refractivity contribution in [3.05, 3.63) is 60.7 Å². The van der Waals surface area contributed by atoms with Crippen LogP contribution in [0.4, 0.5) is 18.9 Å². The van der Waals surface area contributed by atoms with E-state index in [4.69, 9.17) is 0 Å². The summed E-state index contributed by atoms with van der Waals surface area (Å²) in [4.78, 5) is 3.72. The van der Waals surface area contributed by atoms with Crippen molar-refractivity contribution in [3.63, 3.8) is 0 Å². The third kappa shape index (κ3) is 2.83. The zero-order chi connectivity index (χ0) is 21.1. The number of alkyl halides is 3. The first-order chi connectivity index (χ1) is 14.2. The summed E-state index contributed by atoms with van der Waals surface area (Å²) in [7, 11) is -4.00. The van der Waals surface area contributed by atoms with Gasteiger partial charge in [0.25, 0.3) is 10.0 Å². The molecule has 0 amide bonds. The molecule has 30 heavy (non-hydrogen) atoms. The van der Waals surface area contributed by atoms with Gasteiger partial charge in [-0.15, -0.1) is 0 Å². The molecule has 154 valence electrons. The van der Waals surface area contributed by atoms with Crippen LogP contribution < -0.4 is 4.31 Å². The minimum Gasteiger partial charge on any atom is -0.262 e. The second kappa shape index (κ2) is 6.29. The van der Waals surface area contributed by atoms with Gasteiger partial charge in [0.2, 0.25) is 0 Å². The molecule has 0 N–H and O–H groups in total. The second-order valence-corrected chi connectivity index (χ2v) is 8.54. The molecule has 12 heteroatoms. The Morgan fingerprint density at radius 1 is 1.03 bits per heavy atom. The van der Waals surface area contributed by atoms with Gasteiger partial charge in [-0.05, 0) is 18.2 Å². The van der Waals surface area contributed by atoms with Crippen LogP contribution >= 0.6 is 0 Å². The summed E-state index contributed by atoms with van der Waals surface area (Å²) in [5, 5.41) is 9.00. The number of para-hydroxylation sites is 1. The fraction of sp³-hybridized carbons (Fsp3) is 0.167. The van der Waals surface area contributed by atoms with Gasteiger partial charge in [-0.25, -0.2) is 18.1 Å². The Kier molecular flexibility index (Phi) is 3.90. The van der Waals surface area contributed by atoms with Gasteiger partial charge < -0.3 is 0 Å². The van der Waals surface area contributed by atoms with Crippen LogP contribution in [0.15, 0.2) is 60.0 Å². The van der Waals surface area contributed by atoms with Crippen LogP contribution in [-0.4, -0.2) is 39.5 Å². The molecule has 0 bridgehead atoms. The molecule has 0 radical (unpaired) electrons. The van der Waals surface area contributed by atoms with Gasteiger partial charge in [-0.3, -0.25) is 8.99 Å². The van der Waals surface area contributed by atoms with Crippen molar-refractivity contribution in [1.82, 2.24) is 24.5 Å². The van der Waals surface area contributed by atoms with Crippen LogP contribution in [0, 0.1) is 0 Å². The highest BCUT2D eigenvalue weighted by Crippen LogP contribution is 2.34. The first-order valence-electron chi connectivity index (χ1n) is 8.81. The molecule has 0 saturated carbocycles. The van der Waals surface area contributed by atoms with Gasteiger partial charge in [-0.1, -0.05) is 12.1 Å². The lowest BCUT2D eigenvalue weighted by Gasteiger charge is -2.28. The van der Waals surface area contributed by atoms with Crippen molar-refractivity contribution in [3.8, 4) is 5.82 Å². The maximum Gasteiger partial charge on any atom is 0.416 e. The maximum absolute atomic E-state index is 13.3. The Hall–Kier alpha value is -3.41. The summed E-state index contributed by atoms with van der Waals surface area (Å²) >= 11 is 0. The molecule has 4 aromatic rings. The first kappa shape index (κ1) is 18.6. The Morgan fingerprint density at radius 3 is 2.67 bits per heavy atom. The van der Waals surface area contributed by atoms with Gasteiger partial charge >= 0.3 is 6.18 Å². The van der Waals surface area contributed by atoms with Gasteiger partial charge in [-0.2, -0.15) is 23.4 Å². The highest BCUT2D eigenvalue weighted by atomic mass is 32.2. The van der Waals surface area contributed by atoms with E-state index in [0.29, 0.717) is 17.7 Å². The SMILES string of the molecule is O=S(=O)(c1cnn(-c2cc(C(F)(F)F)ccn2)c1)N1CCn2ncc3cccc1c32. The van der Waals surface area contributed by atoms with E-state index in [1.165, 1.54) is 4.31 Å². The molecule has 5 rings (SSSR count). The van der Waals surface area contributed by atoms with Crippen molar-refractivity contribution < 1.29 is 21.6 Å². The van der Waals surface area contributed by atoms with Gasteiger partial charge in [0.05, 0.1) is 48.4 Å². The molecule has 1 aromatic carbocycles. The number of pyridine rings is 1. The Labute approximate surface area is 168 Å². The van der Waals surface area contributed by atoms with E-state index < -0.39 is 21.8 Å². The number of hydrogen-bond acceptors (Lipinski definition) is 5. The minimum atomic E-state index is -4.55. The lowest BCUT2D eigenvalue weighted by atomic mass is 10.2. The molecular weight excluding hydrogens is 421 g/mol. The lowest BCUT2D eigenvalue weighted by molar-refractivity contribution is -0.137. The number of rotatable bonds is 3. The maximum atomic E-state index is 13.3. The van der Waals surface area contributed by atoms with Crippen molar-refractivity contribution in [2.45, 2.75) is 17.6 Å². The van der Waals surface area contributed by atoms with Crippen molar-refractivity contribution in [2.24, 2.45) is 0 Å². The smallest absolute Gasteiger partial charge is 0.262 e. The predicted molar refractivity (Wildman–Crippen MR) is 101 cm³/mol. The van der Waals surface area contributed by atoms with Gasteiger partial charge in [0.15, 0.2) is 5.82 Å². The van der Waals surface area contributed by atoms with Crippen molar-refractivity contribution >= 4 is 26.6 Å². The second-order valence-electron chi connectivity index (χ2n) is 6.68. The summed E-state index contributed by atoms with van der Waals surface area (Å²) in [5.74, 6) is -0.134. The molecule has 1 aliphatic rings. The highest BCUT2D eigenvalue weighted by molar-refractivity contribution is 7.92. The predicted octanol–water partition coefficient (Wildman–Crippen LogP) is 2.84. The molecule has 0 unspecified atom stereocenters. The summed E-state index contributed by atoms with van der Waals surface area (Å²) < 4.78 is 69.4. The molecule has 0 saturated heterocycles. The standard InChI is InChI=1S/C18H13F3N6O2S/c19-18(20,21)13-4-5-22-16(8-13)26-11-14(10-24-26)30(28,29)27-7-6-25-17-12(9-23-25)2-1-3-15(17)27/h1-5,8-11H,6-7H2. The number of benzene rings is 1. The lowest BCUT2D eigenvalue weighted by Crippen LogP contribution is -2.37. The third-order valence-electron chi connectivity index (χ3n) is 4.88. The van der Waals surface area contributed by atoms with Crippen LogP contribution in [0.3, 0.4) is 0 Å². The molecule has 0 aliphatic carbocycles. The summed E-state index contributed by atoms with van der Waals surface area (Å²) in [6.07, 6.45) is 0.384. The van der Waals surface area contributed by atoms with Crippen LogP contribution in [0.5, 0.6) is 0 Å². The number of sulfonamides is 1. The fourth-order valence-electron chi connectivity index (χ4n) is 3.46. The minimum absolute atomic E-state index is 0.134. The molecule has 3 aromatic heterocycles. The van der Waals surface area contributed by atoms with Crippen molar-refractivity contribution in [2.75, 3.05) is 10.8 Å². The van der Waals surface area contributed by atoms with Crippen LogP contribution in [0.2, 0.25) is 0 Å². The van der Waals surface area contributed by atoms with Crippen LogP contribution in [0.1, 0.15) is 5.56 Å². The van der Waals surface area contributed by atoms with Crippen LogP contribution in [-0.2, 0) is 22.7 Å². The third-order valence-corrected chi connectivity index (χ3v) is 6.64. The molecular formula is C18H13F3N6O2S. The Morgan fingerprint density at radius 2 is 1.87 bits per heavy atom. The Bertz CT molecular complexity index is 1380. The van der Waals surface area contributed by atoms with E-state index in [0.717, 1.165) is 40.8 Å². The van der Waals surface area contributed by atoms with E-state index >= 15 is 0 Å².